The molecule has 116 valence electrons. The molecule has 1 N–H and O–H groups in total. The van der Waals surface area contributed by atoms with E-state index >= 15 is 0 Å². The largest absolute Gasteiger partial charge is 0.469 e. The number of methoxy groups -OCH3 is 1. The van der Waals surface area contributed by atoms with Crippen molar-refractivity contribution in [2.75, 3.05) is 20.2 Å². The van der Waals surface area contributed by atoms with Gasteiger partial charge in [-0.3, -0.25) is 4.79 Å². The van der Waals surface area contributed by atoms with Gasteiger partial charge >= 0.3 is 5.97 Å². The van der Waals surface area contributed by atoms with Crippen LogP contribution in [0.25, 0.3) is 0 Å². The van der Waals surface area contributed by atoms with Crippen LogP contribution in [0.3, 0.4) is 0 Å². The molecule has 0 radical (unpaired) electrons. The van der Waals surface area contributed by atoms with Crippen molar-refractivity contribution in [3.63, 3.8) is 0 Å². The maximum Gasteiger partial charge on any atom is 0.310 e. The van der Waals surface area contributed by atoms with Crippen molar-refractivity contribution in [3.8, 4) is 0 Å². The van der Waals surface area contributed by atoms with E-state index in [9.17, 15) is 18.3 Å². The molecule has 7 heteroatoms. The average Bonchev–Trinajstić information content (AvgIpc) is 2.97. The van der Waals surface area contributed by atoms with Gasteiger partial charge in [-0.2, -0.15) is 4.31 Å². The molecular formula is C14H19NO5S. The smallest absolute Gasteiger partial charge is 0.310 e. The molecule has 2 atom stereocenters. The lowest BCUT2D eigenvalue weighted by molar-refractivity contribution is -0.144. The predicted octanol–water partition coefficient (Wildman–Crippen LogP) is 0.923. The van der Waals surface area contributed by atoms with Crippen LogP contribution in [0.5, 0.6) is 0 Å². The number of nitrogens with zero attached hydrogens (tertiary/aromatic N) is 1. The van der Waals surface area contributed by atoms with E-state index in [0.717, 1.165) is 0 Å². The van der Waals surface area contributed by atoms with E-state index in [4.69, 9.17) is 0 Å². The van der Waals surface area contributed by atoms with Gasteiger partial charge in [0.15, 0.2) is 0 Å². The van der Waals surface area contributed by atoms with Crippen LogP contribution in [0.4, 0.5) is 0 Å². The second-order valence-corrected chi connectivity index (χ2v) is 7.06. The zero-order chi connectivity index (χ0) is 15.6. The Morgan fingerprint density at radius 2 is 2.19 bits per heavy atom. The first-order valence-corrected chi connectivity index (χ1v) is 8.16. The number of carbonyl (C=O) groups excluding carboxylic acids is 1. The van der Waals surface area contributed by atoms with Gasteiger partial charge in [-0.05, 0) is 31.0 Å². The highest BCUT2D eigenvalue weighted by Crippen LogP contribution is 2.26. The fraction of sp³-hybridized carbons (Fsp3) is 0.500. The maximum atomic E-state index is 12.6. The number of esters is 1. The van der Waals surface area contributed by atoms with Gasteiger partial charge in [0.05, 0.1) is 24.0 Å². The summed E-state index contributed by atoms with van der Waals surface area (Å²) in [6.45, 7) is 2.00. The number of ether oxygens (including phenoxy) is 1. The summed E-state index contributed by atoms with van der Waals surface area (Å²) in [6.07, 6.45) is -0.274. The third kappa shape index (κ3) is 3.25. The van der Waals surface area contributed by atoms with Gasteiger partial charge in [-0.25, -0.2) is 8.42 Å². The van der Waals surface area contributed by atoms with Crippen LogP contribution in [0.2, 0.25) is 0 Å². The first-order chi connectivity index (χ1) is 9.86. The highest BCUT2D eigenvalue weighted by atomic mass is 32.2. The second-order valence-electron chi connectivity index (χ2n) is 5.12. The molecule has 21 heavy (non-hydrogen) atoms. The number of rotatable bonds is 4. The van der Waals surface area contributed by atoms with Crippen molar-refractivity contribution in [1.29, 1.82) is 0 Å². The molecule has 0 amide bonds. The second kappa shape index (κ2) is 6.13. The van der Waals surface area contributed by atoms with E-state index in [2.05, 4.69) is 4.74 Å². The van der Waals surface area contributed by atoms with Crippen LogP contribution in [-0.2, 0) is 19.6 Å². The number of hydrogen-bond acceptors (Lipinski definition) is 5. The SMILES string of the molecule is COC(=O)C1CCN(S(=O)(=O)c2cccc(C(C)O)c2)C1. The summed E-state index contributed by atoms with van der Waals surface area (Å²) in [5, 5.41) is 9.56. The van der Waals surface area contributed by atoms with Crippen molar-refractivity contribution in [3.05, 3.63) is 29.8 Å². The van der Waals surface area contributed by atoms with Gasteiger partial charge < -0.3 is 9.84 Å². The lowest BCUT2D eigenvalue weighted by Gasteiger charge is -2.17. The predicted molar refractivity (Wildman–Crippen MR) is 76.0 cm³/mol. The standard InChI is InChI=1S/C14H19NO5S/c1-10(16)11-4-3-5-13(8-11)21(18,19)15-7-6-12(9-15)14(17)20-2/h3-5,8,10,12,16H,6-7,9H2,1-2H3. The van der Waals surface area contributed by atoms with E-state index in [1.807, 2.05) is 0 Å². The van der Waals surface area contributed by atoms with Gasteiger partial charge in [0, 0.05) is 13.1 Å². The molecule has 0 bridgehead atoms. The molecule has 0 aromatic heterocycles. The maximum absolute atomic E-state index is 12.6. The van der Waals surface area contributed by atoms with Crippen LogP contribution in [0.1, 0.15) is 25.0 Å². The van der Waals surface area contributed by atoms with Gasteiger partial charge in [0.1, 0.15) is 0 Å². The molecule has 1 aromatic carbocycles. The molecule has 1 aromatic rings. The molecule has 1 saturated heterocycles. The topological polar surface area (TPSA) is 83.9 Å². The molecule has 2 rings (SSSR count). The Kier molecular flexibility index (Phi) is 4.65. The zero-order valence-corrected chi connectivity index (χ0v) is 12.8. The van der Waals surface area contributed by atoms with Crippen molar-refractivity contribution in [1.82, 2.24) is 4.31 Å². The Balaban J connectivity index is 2.23. The normalized spacial score (nSPS) is 21.2. The monoisotopic (exact) mass is 313 g/mol. The Hall–Kier alpha value is -1.44. The summed E-state index contributed by atoms with van der Waals surface area (Å²) in [5.74, 6) is -0.796. The van der Waals surface area contributed by atoms with Gasteiger partial charge in [0.25, 0.3) is 0 Å². The highest BCUT2D eigenvalue weighted by molar-refractivity contribution is 7.89. The van der Waals surface area contributed by atoms with Crippen molar-refractivity contribution >= 4 is 16.0 Å². The first kappa shape index (κ1) is 15.9. The minimum Gasteiger partial charge on any atom is -0.469 e. The number of hydrogen-bond donors (Lipinski definition) is 1. The molecular weight excluding hydrogens is 294 g/mol. The lowest BCUT2D eigenvalue weighted by Crippen LogP contribution is -2.30. The summed E-state index contributed by atoms with van der Waals surface area (Å²) in [6, 6.07) is 6.23. The van der Waals surface area contributed by atoms with Gasteiger partial charge in [-0.15, -0.1) is 0 Å². The van der Waals surface area contributed by atoms with E-state index < -0.39 is 22.0 Å². The molecule has 1 aliphatic rings. The Labute approximate surface area is 124 Å². The quantitative estimate of drug-likeness (QED) is 0.836. The van der Waals surface area contributed by atoms with Crippen molar-refractivity contribution in [2.24, 2.45) is 5.92 Å². The average molecular weight is 313 g/mol. The molecule has 1 fully saturated rings. The minimum atomic E-state index is -3.65. The zero-order valence-electron chi connectivity index (χ0n) is 12.0. The van der Waals surface area contributed by atoms with Crippen LogP contribution < -0.4 is 0 Å². The van der Waals surface area contributed by atoms with Crippen LogP contribution in [0, 0.1) is 5.92 Å². The van der Waals surface area contributed by atoms with Crippen LogP contribution in [-0.4, -0.2) is 44.0 Å². The number of aliphatic hydroxyl groups is 1. The Morgan fingerprint density at radius 1 is 1.48 bits per heavy atom. The fourth-order valence-corrected chi connectivity index (χ4v) is 3.95. The van der Waals surface area contributed by atoms with Crippen LogP contribution >= 0.6 is 0 Å². The van der Waals surface area contributed by atoms with Gasteiger partial charge in [-0.1, -0.05) is 12.1 Å². The van der Waals surface area contributed by atoms with Crippen molar-refractivity contribution < 1.29 is 23.1 Å². The molecule has 0 spiro atoms. The van der Waals surface area contributed by atoms with Gasteiger partial charge in [0.2, 0.25) is 10.0 Å². The molecule has 1 heterocycles. The third-order valence-electron chi connectivity index (χ3n) is 3.66. The summed E-state index contributed by atoms with van der Waals surface area (Å²) in [5.41, 5.74) is 0.541. The first-order valence-electron chi connectivity index (χ1n) is 6.72. The molecule has 0 saturated carbocycles. The van der Waals surface area contributed by atoms with E-state index in [-0.39, 0.29) is 17.4 Å². The van der Waals surface area contributed by atoms with Crippen molar-refractivity contribution in [2.45, 2.75) is 24.3 Å². The van der Waals surface area contributed by atoms with E-state index in [1.165, 1.54) is 23.5 Å². The van der Waals surface area contributed by atoms with E-state index in [0.29, 0.717) is 18.5 Å². The Bertz CT molecular complexity index is 626. The summed E-state index contributed by atoms with van der Waals surface area (Å²) < 4.78 is 31.1. The molecule has 0 aliphatic carbocycles. The number of aliphatic hydroxyl groups excluding tert-OH is 1. The molecule has 6 nitrogen and oxygen atoms in total. The summed E-state index contributed by atoms with van der Waals surface area (Å²) in [7, 11) is -2.36. The fourth-order valence-electron chi connectivity index (χ4n) is 2.39. The molecule has 1 aliphatic heterocycles. The third-order valence-corrected chi connectivity index (χ3v) is 5.52. The van der Waals surface area contributed by atoms with E-state index in [1.54, 1.807) is 19.1 Å². The minimum absolute atomic E-state index is 0.131. The molecule has 2 unspecified atom stereocenters. The Morgan fingerprint density at radius 3 is 2.81 bits per heavy atom. The summed E-state index contributed by atoms with van der Waals surface area (Å²) >= 11 is 0. The number of benzene rings is 1. The number of sulfonamides is 1. The number of carbonyl (C=O) groups is 1. The highest BCUT2D eigenvalue weighted by Gasteiger charge is 2.36. The lowest BCUT2D eigenvalue weighted by atomic mass is 10.1. The summed E-state index contributed by atoms with van der Waals surface area (Å²) in [4.78, 5) is 11.6. The van der Waals surface area contributed by atoms with Crippen LogP contribution in [0.15, 0.2) is 29.2 Å².